The van der Waals surface area contributed by atoms with E-state index in [-0.39, 0.29) is 20.0 Å². The summed E-state index contributed by atoms with van der Waals surface area (Å²) in [6.07, 6.45) is 0.745. The highest BCUT2D eigenvalue weighted by molar-refractivity contribution is 4.54. The van der Waals surface area contributed by atoms with Crippen molar-refractivity contribution in [3.63, 3.8) is 0 Å². The second-order valence-corrected chi connectivity index (χ2v) is 3.51. The van der Waals surface area contributed by atoms with Crippen molar-refractivity contribution in [2.45, 2.75) is 32.0 Å². The molecular weight excluding hydrogens is 198 g/mol. The second kappa shape index (κ2) is 10.3. The van der Waals surface area contributed by atoms with Gasteiger partial charge in [-0.15, -0.1) is 0 Å². The third-order valence-electron chi connectivity index (χ3n) is 1.85. The van der Waals surface area contributed by atoms with E-state index in [0.29, 0.717) is 6.54 Å². The van der Waals surface area contributed by atoms with E-state index in [0.717, 1.165) is 12.8 Å². The summed E-state index contributed by atoms with van der Waals surface area (Å²) in [5.74, 6) is 0. The van der Waals surface area contributed by atoms with E-state index >= 15 is 0 Å². The molecule has 0 aliphatic carbocycles. The highest BCUT2D eigenvalue weighted by Crippen LogP contribution is 1.96. The Balaban J connectivity index is 3.17. The normalized spacial score (nSPS) is 15.2. The van der Waals surface area contributed by atoms with Crippen molar-refractivity contribution in [1.29, 1.82) is 0 Å². The van der Waals surface area contributed by atoms with Gasteiger partial charge in [-0.1, -0.05) is 13.3 Å². The van der Waals surface area contributed by atoms with Crippen LogP contribution in [-0.4, -0.2) is 56.0 Å². The molecular formula is C10H23NO4. The molecule has 15 heavy (non-hydrogen) atoms. The summed E-state index contributed by atoms with van der Waals surface area (Å²) in [7, 11) is 1.76. The van der Waals surface area contributed by atoms with E-state index in [4.69, 9.17) is 9.47 Å². The van der Waals surface area contributed by atoms with Crippen molar-refractivity contribution < 1.29 is 19.7 Å². The van der Waals surface area contributed by atoms with Gasteiger partial charge in [0.2, 0.25) is 0 Å². The standard InChI is InChI=1S/C10H23NO4/c1-3-4-9(12)6-14-8-15-7-10(13)5-11-2/h9-13H,3-8H2,1-2H3. The molecule has 3 N–H and O–H groups in total. The fraction of sp³-hybridized carbons (Fsp3) is 1.00. The zero-order valence-corrected chi connectivity index (χ0v) is 9.61. The molecule has 5 heteroatoms. The molecule has 92 valence electrons. The first kappa shape index (κ1) is 14.8. The quantitative estimate of drug-likeness (QED) is 0.349. The van der Waals surface area contributed by atoms with Crippen LogP contribution in [0.25, 0.3) is 0 Å². The molecule has 0 aliphatic rings. The fourth-order valence-corrected chi connectivity index (χ4v) is 1.14. The number of aliphatic hydroxyl groups is 2. The van der Waals surface area contributed by atoms with Crippen LogP contribution in [0.2, 0.25) is 0 Å². The largest absolute Gasteiger partial charge is 0.391 e. The lowest BCUT2D eigenvalue weighted by molar-refractivity contribution is -0.0969. The van der Waals surface area contributed by atoms with Gasteiger partial charge in [0.1, 0.15) is 6.79 Å². The summed E-state index contributed by atoms with van der Waals surface area (Å²) < 4.78 is 10.1. The van der Waals surface area contributed by atoms with Gasteiger partial charge in [-0.25, -0.2) is 0 Å². The molecule has 0 rings (SSSR count). The molecule has 2 atom stereocenters. The number of rotatable bonds is 10. The topological polar surface area (TPSA) is 71.0 Å². The highest BCUT2D eigenvalue weighted by Gasteiger charge is 2.04. The van der Waals surface area contributed by atoms with E-state index in [1.54, 1.807) is 7.05 Å². The first-order valence-corrected chi connectivity index (χ1v) is 5.36. The van der Waals surface area contributed by atoms with Gasteiger partial charge in [0.05, 0.1) is 25.4 Å². The number of hydrogen-bond acceptors (Lipinski definition) is 5. The molecule has 0 fully saturated rings. The zero-order chi connectivity index (χ0) is 11.5. The summed E-state index contributed by atoms with van der Waals surface area (Å²) in [4.78, 5) is 0. The predicted octanol–water partition coefficient (Wildman–Crippen LogP) is -0.282. The molecule has 0 heterocycles. The van der Waals surface area contributed by atoms with E-state index < -0.39 is 12.2 Å². The lowest BCUT2D eigenvalue weighted by atomic mass is 10.2. The molecule has 0 saturated heterocycles. The smallest absolute Gasteiger partial charge is 0.146 e. The van der Waals surface area contributed by atoms with E-state index in [2.05, 4.69) is 5.32 Å². The van der Waals surface area contributed by atoms with Crippen molar-refractivity contribution in [2.75, 3.05) is 33.6 Å². The van der Waals surface area contributed by atoms with E-state index in [9.17, 15) is 10.2 Å². The van der Waals surface area contributed by atoms with Crippen LogP contribution >= 0.6 is 0 Å². The minimum Gasteiger partial charge on any atom is -0.391 e. The Bertz CT molecular complexity index is 121. The van der Waals surface area contributed by atoms with Crippen LogP contribution in [-0.2, 0) is 9.47 Å². The molecule has 0 aromatic rings. The van der Waals surface area contributed by atoms with Crippen molar-refractivity contribution in [3.05, 3.63) is 0 Å². The van der Waals surface area contributed by atoms with E-state index in [1.165, 1.54) is 0 Å². The fourth-order valence-electron chi connectivity index (χ4n) is 1.14. The van der Waals surface area contributed by atoms with Gasteiger partial charge in [0.15, 0.2) is 0 Å². The summed E-state index contributed by atoms with van der Waals surface area (Å²) in [6.45, 7) is 3.15. The molecule has 0 aromatic carbocycles. The molecule has 0 amide bonds. The van der Waals surface area contributed by atoms with Gasteiger partial charge < -0.3 is 25.0 Å². The first-order chi connectivity index (χ1) is 7.20. The van der Waals surface area contributed by atoms with Gasteiger partial charge in [-0.3, -0.25) is 0 Å². The molecule has 2 unspecified atom stereocenters. The van der Waals surface area contributed by atoms with Crippen molar-refractivity contribution >= 4 is 0 Å². The van der Waals surface area contributed by atoms with Gasteiger partial charge in [0, 0.05) is 6.54 Å². The molecule has 0 spiro atoms. The minimum atomic E-state index is -0.515. The lowest BCUT2D eigenvalue weighted by Crippen LogP contribution is -2.28. The van der Waals surface area contributed by atoms with Crippen LogP contribution in [0, 0.1) is 0 Å². The maximum absolute atomic E-state index is 9.30. The Labute approximate surface area is 91.4 Å². The monoisotopic (exact) mass is 221 g/mol. The van der Waals surface area contributed by atoms with Gasteiger partial charge >= 0.3 is 0 Å². The summed E-state index contributed by atoms with van der Waals surface area (Å²) in [6, 6.07) is 0. The van der Waals surface area contributed by atoms with Crippen LogP contribution in [0.1, 0.15) is 19.8 Å². The first-order valence-electron chi connectivity index (χ1n) is 5.36. The number of hydrogen-bond donors (Lipinski definition) is 3. The number of nitrogens with one attached hydrogen (secondary N) is 1. The Hall–Kier alpha value is -0.200. The SMILES string of the molecule is CCCC(O)COCOCC(O)CNC. The van der Waals surface area contributed by atoms with Crippen molar-refractivity contribution in [2.24, 2.45) is 0 Å². The Morgan fingerprint density at radius 1 is 1.13 bits per heavy atom. The number of aliphatic hydroxyl groups excluding tert-OH is 2. The molecule has 0 aliphatic heterocycles. The lowest BCUT2D eigenvalue weighted by Gasteiger charge is -2.12. The van der Waals surface area contributed by atoms with Crippen LogP contribution in [0.3, 0.4) is 0 Å². The second-order valence-electron chi connectivity index (χ2n) is 3.51. The summed E-state index contributed by atoms with van der Waals surface area (Å²) in [5.41, 5.74) is 0. The third-order valence-corrected chi connectivity index (χ3v) is 1.85. The summed E-state index contributed by atoms with van der Waals surface area (Å²) >= 11 is 0. The molecule has 0 saturated carbocycles. The molecule has 5 nitrogen and oxygen atoms in total. The van der Waals surface area contributed by atoms with Crippen LogP contribution in [0.4, 0.5) is 0 Å². The zero-order valence-electron chi connectivity index (χ0n) is 9.61. The Morgan fingerprint density at radius 3 is 2.27 bits per heavy atom. The number of ether oxygens (including phenoxy) is 2. The van der Waals surface area contributed by atoms with Crippen LogP contribution < -0.4 is 5.32 Å². The average molecular weight is 221 g/mol. The van der Waals surface area contributed by atoms with Gasteiger partial charge in [0.25, 0.3) is 0 Å². The van der Waals surface area contributed by atoms with Crippen molar-refractivity contribution in [1.82, 2.24) is 5.32 Å². The predicted molar refractivity (Wildman–Crippen MR) is 57.6 cm³/mol. The maximum atomic E-state index is 9.30. The van der Waals surface area contributed by atoms with Crippen LogP contribution in [0.15, 0.2) is 0 Å². The van der Waals surface area contributed by atoms with E-state index in [1.807, 2.05) is 6.92 Å². The Morgan fingerprint density at radius 2 is 1.73 bits per heavy atom. The molecule has 0 radical (unpaired) electrons. The average Bonchev–Trinajstić information content (AvgIpc) is 2.18. The summed E-state index contributed by atoms with van der Waals surface area (Å²) in [5, 5.41) is 21.4. The third kappa shape index (κ3) is 10.1. The minimum absolute atomic E-state index is 0.113. The molecule has 0 bridgehead atoms. The van der Waals surface area contributed by atoms with Gasteiger partial charge in [-0.2, -0.15) is 0 Å². The van der Waals surface area contributed by atoms with Gasteiger partial charge in [-0.05, 0) is 13.5 Å². The molecule has 0 aromatic heterocycles. The van der Waals surface area contributed by atoms with Crippen LogP contribution in [0.5, 0.6) is 0 Å². The highest BCUT2D eigenvalue weighted by atomic mass is 16.7. The van der Waals surface area contributed by atoms with Crippen molar-refractivity contribution in [3.8, 4) is 0 Å². The maximum Gasteiger partial charge on any atom is 0.146 e. The Kier molecular flexibility index (Phi) is 10.2. The number of likely N-dealkylation sites (N-methyl/N-ethyl adjacent to an activating group) is 1.